The summed E-state index contributed by atoms with van der Waals surface area (Å²) in [7, 11) is 0. The van der Waals surface area contributed by atoms with Crippen LogP contribution in [0, 0.1) is 5.92 Å². The van der Waals surface area contributed by atoms with Crippen molar-refractivity contribution >= 4 is 11.6 Å². The molecule has 6 nitrogen and oxygen atoms in total. The van der Waals surface area contributed by atoms with Crippen LogP contribution in [-0.2, 0) is 33.6 Å². The van der Waals surface area contributed by atoms with Crippen LogP contribution in [0.15, 0.2) is 84.0 Å². The molecule has 3 aromatic rings. The summed E-state index contributed by atoms with van der Waals surface area (Å²) < 4.78 is 50.0. The first-order valence-electron chi connectivity index (χ1n) is 12.8. The first-order chi connectivity index (χ1) is 18.9. The molecule has 1 amide bonds. The van der Waals surface area contributed by atoms with E-state index in [0.29, 0.717) is 35.9 Å². The molecule has 0 radical (unpaired) electrons. The lowest BCUT2D eigenvalue weighted by Crippen LogP contribution is -2.35. The third-order valence-electron chi connectivity index (χ3n) is 6.36. The van der Waals surface area contributed by atoms with Crippen molar-refractivity contribution in [3.8, 4) is 5.75 Å². The molecule has 4 rings (SSSR count). The van der Waals surface area contributed by atoms with Crippen LogP contribution in [0.5, 0.6) is 5.75 Å². The highest BCUT2D eigenvalue weighted by Gasteiger charge is 2.30. The number of ether oxygens (including phenoxy) is 2. The summed E-state index contributed by atoms with van der Waals surface area (Å²) in [5, 5.41) is 7.18. The summed E-state index contributed by atoms with van der Waals surface area (Å²) >= 11 is 0. The first-order valence-corrected chi connectivity index (χ1v) is 12.8. The molecule has 0 spiro atoms. The molecule has 0 unspecified atom stereocenters. The van der Waals surface area contributed by atoms with Crippen molar-refractivity contribution in [2.24, 2.45) is 11.1 Å². The lowest BCUT2D eigenvalue weighted by Gasteiger charge is -2.22. The zero-order chi connectivity index (χ0) is 27.5. The van der Waals surface area contributed by atoms with Gasteiger partial charge in [0.25, 0.3) is 5.91 Å². The molecule has 1 fully saturated rings. The van der Waals surface area contributed by atoms with E-state index in [0.717, 1.165) is 49.3 Å². The number of benzene rings is 3. The van der Waals surface area contributed by atoms with Gasteiger partial charge in [-0.1, -0.05) is 59.8 Å². The zero-order valence-electron chi connectivity index (χ0n) is 21.5. The Labute approximate surface area is 225 Å². The highest BCUT2D eigenvalue weighted by Crippen LogP contribution is 2.29. The molecule has 206 valence electrons. The Morgan fingerprint density at radius 2 is 1.69 bits per heavy atom. The number of nitrogens with zero attached hydrogens (tertiary/aromatic N) is 1. The fourth-order valence-corrected chi connectivity index (χ4v) is 4.15. The molecule has 0 aromatic heterocycles. The third kappa shape index (κ3) is 9.14. The van der Waals surface area contributed by atoms with Gasteiger partial charge in [-0.25, -0.2) is 0 Å². The average Bonchev–Trinajstić information content (AvgIpc) is 2.96. The second-order valence-electron chi connectivity index (χ2n) is 9.34. The normalized spacial score (nSPS) is 14.6. The van der Waals surface area contributed by atoms with E-state index in [4.69, 9.17) is 14.3 Å². The molecule has 1 saturated heterocycles. The molecule has 9 heteroatoms. The highest BCUT2D eigenvalue weighted by molar-refractivity contribution is 6.01. The van der Waals surface area contributed by atoms with Crippen LogP contribution < -0.4 is 10.1 Å². The molecular formula is C30H31F3N2O4. The van der Waals surface area contributed by atoms with Gasteiger partial charge in [-0.05, 0) is 59.7 Å². The predicted octanol–water partition coefficient (Wildman–Crippen LogP) is 5.79. The van der Waals surface area contributed by atoms with Crippen molar-refractivity contribution in [3.05, 3.63) is 101 Å². The second kappa shape index (κ2) is 13.8. The maximum atomic E-state index is 13.0. The number of rotatable bonds is 11. The number of hydrogen-bond donors (Lipinski definition) is 1. The topological polar surface area (TPSA) is 69.2 Å². The van der Waals surface area contributed by atoms with Gasteiger partial charge in [0.05, 0.1) is 11.3 Å². The highest BCUT2D eigenvalue weighted by atomic mass is 19.4. The van der Waals surface area contributed by atoms with E-state index in [1.165, 1.54) is 6.07 Å². The van der Waals surface area contributed by atoms with Gasteiger partial charge in [-0.3, -0.25) is 4.79 Å². The summed E-state index contributed by atoms with van der Waals surface area (Å²) in [6.07, 6.45) is -2.09. The molecule has 1 N–H and O–H groups in total. The first kappa shape index (κ1) is 28.2. The van der Waals surface area contributed by atoms with Gasteiger partial charge < -0.3 is 19.6 Å². The van der Waals surface area contributed by atoms with Crippen LogP contribution in [0.3, 0.4) is 0 Å². The standard InChI is InChI=1S/C30H31F3N2O4/c31-30(32,33)26-8-4-5-24(17-26)20-39-35-28(25-6-2-1-3-7-25)18-22-9-11-27(12-10-22)38-21-29(36)34-19-23-13-15-37-16-14-23/h1-12,17,23H,13-16,18-21H2,(H,34,36). The quantitative estimate of drug-likeness (QED) is 0.247. The minimum atomic E-state index is -4.42. The van der Waals surface area contributed by atoms with Crippen molar-refractivity contribution < 1.29 is 32.3 Å². The number of hydrogen-bond acceptors (Lipinski definition) is 5. The minimum absolute atomic E-state index is 0.0668. The summed E-state index contributed by atoms with van der Waals surface area (Å²) in [5.41, 5.74) is 2.04. The third-order valence-corrected chi connectivity index (χ3v) is 6.36. The number of carbonyl (C=O) groups is 1. The van der Waals surface area contributed by atoms with E-state index < -0.39 is 11.7 Å². The minimum Gasteiger partial charge on any atom is -0.484 e. The van der Waals surface area contributed by atoms with E-state index in [9.17, 15) is 18.0 Å². The SMILES string of the molecule is O=C(COc1ccc(CC(=NOCc2cccc(C(F)(F)F)c2)c2ccccc2)cc1)NCC1CCOCC1. The number of amides is 1. The Balaban J connectivity index is 1.32. The molecule has 39 heavy (non-hydrogen) atoms. The van der Waals surface area contributed by atoms with Crippen molar-refractivity contribution in [3.63, 3.8) is 0 Å². The Morgan fingerprint density at radius 1 is 0.949 bits per heavy atom. The Kier molecular flexibility index (Phi) is 9.97. The summed E-state index contributed by atoms with van der Waals surface area (Å²) in [5.74, 6) is 0.845. The molecule has 0 saturated carbocycles. The van der Waals surface area contributed by atoms with E-state index >= 15 is 0 Å². The van der Waals surface area contributed by atoms with Crippen LogP contribution in [0.2, 0.25) is 0 Å². The number of oxime groups is 1. The number of nitrogens with one attached hydrogen (secondary N) is 1. The van der Waals surface area contributed by atoms with E-state index in [1.807, 2.05) is 42.5 Å². The molecule has 1 aliphatic rings. The number of carbonyl (C=O) groups excluding carboxylic acids is 1. The van der Waals surface area contributed by atoms with Crippen molar-refractivity contribution in [1.82, 2.24) is 5.32 Å². The summed E-state index contributed by atoms with van der Waals surface area (Å²) in [6.45, 7) is 1.94. The smallest absolute Gasteiger partial charge is 0.416 e. The lowest BCUT2D eigenvalue weighted by molar-refractivity contribution is -0.137. The van der Waals surface area contributed by atoms with E-state index in [-0.39, 0.29) is 19.1 Å². The summed E-state index contributed by atoms with van der Waals surface area (Å²) in [6, 6.07) is 21.7. The van der Waals surface area contributed by atoms with Gasteiger partial charge >= 0.3 is 6.18 Å². The average molecular weight is 541 g/mol. The summed E-state index contributed by atoms with van der Waals surface area (Å²) in [4.78, 5) is 17.6. The fourth-order valence-electron chi connectivity index (χ4n) is 4.15. The van der Waals surface area contributed by atoms with Gasteiger partial charge in [0.1, 0.15) is 12.4 Å². The molecule has 0 atom stereocenters. The van der Waals surface area contributed by atoms with Crippen LogP contribution >= 0.6 is 0 Å². The zero-order valence-corrected chi connectivity index (χ0v) is 21.5. The molecular weight excluding hydrogens is 509 g/mol. The molecule has 1 aliphatic heterocycles. The Hall–Kier alpha value is -3.85. The number of halogens is 3. The van der Waals surface area contributed by atoms with E-state index in [2.05, 4.69) is 10.5 Å². The van der Waals surface area contributed by atoms with Gasteiger partial charge in [0.15, 0.2) is 6.61 Å². The lowest BCUT2D eigenvalue weighted by atomic mass is 10.0. The number of alkyl halides is 3. The van der Waals surface area contributed by atoms with Crippen molar-refractivity contribution in [2.75, 3.05) is 26.4 Å². The fraction of sp³-hybridized carbons (Fsp3) is 0.333. The molecule has 0 bridgehead atoms. The van der Waals surface area contributed by atoms with Crippen molar-refractivity contribution in [2.45, 2.75) is 32.0 Å². The maximum Gasteiger partial charge on any atom is 0.416 e. The van der Waals surface area contributed by atoms with Gasteiger partial charge in [0, 0.05) is 26.2 Å². The van der Waals surface area contributed by atoms with Gasteiger partial charge in [0.2, 0.25) is 0 Å². The van der Waals surface area contributed by atoms with Gasteiger partial charge in [-0.2, -0.15) is 13.2 Å². The van der Waals surface area contributed by atoms with Crippen molar-refractivity contribution in [1.29, 1.82) is 0 Å². The largest absolute Gasteiger partial charge is 0.484 e. The Morgan fingerprint density at radius 3 is 2.41 bits per heavy atom. The molecule has 1 heterocycles. The molecule has 3 aromatic carbocycles. The molecule has 0 aliphatic carbocycles. The maximum absolute atomic E-state index is 13.0. The van der Waals surface area contributed by atoms with Crippen LogP contribution in [0.4, 0.5) is 13.2 Å². The van der Waals surface area contributed by atoms with Crippen LogP contribution in [0.1, 0.15) is 35.1 Å². The van der Waals surface area contributed by atoms with E-state index in [1.54, 1.807) is 18.2 Å². The Bertz CT molecular complexity index is 1220. The second-order valence-corrected chi connectivity index (χ2v) is 9.34. The monoisotopic (exact) mass is 540 g/mol. The van der Waals surface area contributed by atoms with Crippen LogP contribution in [0.25, 0.3) is 0 Å². The van der Waals surface area contributed by atoms with Crippen LogP contribution in [-0.4, -0.2) is 38.0 Å². The predicted molar refractivity (Wildman–Crippen MR) is 141 cm³/mol. The van der Waals surface area contributed by atoms with Gasteiger partial charge in [-0.15, -0.1) is 0 Å².